The van der Waals surface area contributed by atoms with Gasteiger partial charge in [-0.15, -0.1) is 0 Å². The second kappa shape index (κ2) is 3.47. The maximum absolute atomic E-state index is 5.61. The number of hydrogen-bond acceptors (Lipinski definition) is 1. The molecule has 1 nitrogen and oxygen atoms in total. The lowest BCUT2D eigenvalue weighted by molar-refractivity contribution is 0.448. The number of rotatable bonds is 2. The number of halogens is 1. The van der Waals surface area contributed by atoms with E-state index >= 15 is 0 Å². The molecule has 0 rings (SSSR count). The standard InChI is InChI=1S/C4H12ClNSi/c1-4(2)6(3)7-5/h4H,7H2,1-3H3. The van der Waals surface area contributed by atoms with Crippen LogP contribution in [0.3, 0.4) is 0 Å². The Balaban J connectivity index is 3.14. The topological polar surface area (TPSA) is 3.24 Å². The molecule has 0 aromatic heterocycles. The molecule has 0 saturated carbocycles. The summed E-state index contributed by atoms with van der Waals surface area (Å²) in [4.78, 5) is 0. The van der Waals surface area contributed by atoms with E-state index in [1.165, 1.54) is 0 Å². The first-order chi connectivity index (χ1) is 3.18. The molecule has 0 radical (unpaired) electrons. The van der Waals surface area contributed by atoms with Crippen LogP contribution in [0.25, 0.3) is 0 Å². The van der Waals surface area contributed by atoms with Crippen LogP contribution in [0.4, 0.5) is 0 Å². The lowest BCUT2D eigenvalue weighted by atomic mass is 10.4. The highest BCUT2D eigenvalue weighted by Gasteiger charge is 1.97. The van der Waals surface area contributed by atoms with Gasteiger partial charge in [0.05, 0.1) is 0 Å². The predicted molar refractivity (Wildman–Crippen MR) is 37.3 cm³/mol. The summed E-state index contributed by atoms with van der Waals surface area (Å²) in [6, 6.07) is 0.629. The Hall–Kier alpha value is 0.467. The molecule has 0 amide bonds. The first-order valence-corrected chi connectivity index (χ1v) is 5.21. The Labute approximate surface area is 52.3 Å². The van der Waals surface area contributed by atoms with Crippen molar-refractivity contribution in [3.05, 3.63) is 0 Å². The van der Waals surface area contributed by atoms with E-state index in [1.54, 1.807) is 0 Å². The Morgan fingerprint density at radius 3 is 2.00 bits per heavy atom. The average molecular weight is 138 g/mol. The van der Waals surface area contributed by atoms with Crippen LogP contribution in [0.2, 0.25) is 0 Å². The van der Waals surface area contributed by atoms with Gasteiger partial charge in [0, 0.05) is 0 Å². The van der Waals surface area contributed by atoms with E-state index in [2.05, 4.69) is 25.5 Å². The summed E-state index contributed by atoms with van der Waals surface area (Å²) >= 11 is 5.61. The van der Waals surface area contributed by atoms with Gasteiger partial charge in [-0.1, -0.05) is 13.8 Å². The van der Waals surface area contributed by atoms with E-state index < -0.39 is 8.99 Å². The second-order valence-electron chi connectivity index (χ2n) is 1.97. The fraction of sp³-hybridized carbons (Fsp3) is 1.00. The van der Waals surface area contributed by atoms with Crippen LogP contribution in [-0.4, -0.2) is 26.6 Å². The summed E-state index contributed by atoms with van der Waals surface area (Å²) in [5, 5.41) is 0. The fourth-order valence-electron chi connectivity index (χ4n) is 0.138. The largest absolute Gasteiger partial charge is 0.317 e. The molecule has 0 aliphatic heterocycles. The Kier molecular flexibility index (Phi) is 3.70. The minimum atomic E-state index is -0.404. The average Bonchev–Trinajstić information content (AvgIpc) is 1.65. The van der Waals surface area contributed by atoms with Gasteiger partial charge in [0.25, 0.3) is 0 Å². The lowest BCUT2D eigenvalue weighted by Gasteiger charge is -2.15. The van der Waals surface area contributed by atoms with Crippen LogP contribution in [0.1, 0.15) is 13.8 Å². The highest BCUT2D eigenvalue weighted by Crippen LogP contribution is 1.90. The third-order valence-electron chi connectivity index (χ3n) is 1.07. The molecule has 0 aliphatic carbocycles. The van der Waals surface area contributed by atoms with Gasteiger partial charge in [0.2, 0.25) is 0 Å². The van der Waals surface area contributed by atoms with Crippen molar-refractivity contribution in [2.75, 3.05) is 7.05 Å². The highest BCUT2D eigenvalue weighted by molar-refractivity contribution is 6.92. The molecular weight excluding hydrogens is 126 g/mol. The van der Waals surface area contributed by atoms with E-state index in [-0.39, 0.29) is 0 Å². The van der Waals surface area contributed by atoms with Crippen LogP contribution >= 0.6 is 11.1 Å². The third kappa shape index (κ3) is 3.09. The zero-order chi connectivity index (χ0) is 5.86. The molecule has 0 saturated heterocycles. The van der Waals surface area contributed by atoms with Crippen molar-refractivity contribution in [2.45, 2.75) is 19.9 Å². The van der Waals surface area contributed by atoms with Crippen LogP contribution in [0, 0.1) is 0 Å². The van der Waals surface area contributed by atoms with E-state index in [1.807, 2.05) is 0 Å². The van der Waals surface area contributed by atoms with E-state index in [4.69, 9.17) is 11.1 Å². The Bertz CT molecular complexity index is 49.0. The third-order valence-corrected chi connectivity index (χ3v) is 3.31. The minimum absolute atomic E-state index is 0.404. The van der Waals surface area contributed by atoms with Crippen LogP contribution < -0.4 is 0 Å². The van der Waals surface area contributed by atoms with Gasteiger partial charge in [-0.2, -0.15) is 11.1 Å². The monoisotopic (exact) mass is 137 g/mol. The van der Waals surface area contributed by atoms with Crippen molar-refractivity contribution < 1.29 is 0 Å². The molecule has 0 atom stereocenters. The van der Waals surface area contributed by atoms with Crippen molar-refractivity contribution in [3.8, 4) is 0 Å². The summed E-state index contributed by atoms with van der Waals surface area (Å²) in [6.45, 7) is 4.30. The van der Waals surface area contributed by atoms with Gasteiger partial charge < -0.3 is 4.57 Å². The lowest BCUT2D eigenvalue weighted by Crippen LogP contribution is -2.26. The van der Waals surface area contributed by atoms with Gasteiger partial charge in [0.15, 0.2) is 8.99 Å². The van der Waals surface area contributed by atoms with Crippen LogP contribution in [0.15, 0.2) is 0 Å². The molecule has 0 heterocycles. The van der Waals surface area contributed by atoms with Gasteiger partial charge >= 0.3 is 0 Å². The zero-order valence-corrected chi connectivity index (χ0v) is 7.28. The molecule has 0 unspecified atom stereocenters. The molecule has 3 heteroatoms. The minimum Gasteiger partial charge on any atom is -0.317 e. The summed E-state index contributed by atoms with van der Waals surface area (Å²) in [7, 11) is 1.66. The normalized spacial score (nSPS) is 12.9. The summed E-state index contributed by atoms with van der Waals surface area (Å²) in [6.07, 6.45) is 0. The van der Waals surface area contributed by atoms with Crippen molar-refractivity contribution in [2.24, 2.45) is 0 Å². The van der Waals surface area contributed by atoms with Crippen molar-refractivity contribution in [3.63, 3.8) is 0 Å². The molecule has 0 fully saturated rings. The van der Waals surface area contributed by atoms with Crippen LogP contribution in [0.5, 0.6) is 0 Å². The molecular formula is C4H12ClNSi. The van der Waals surface area contributed by atoms with Crippen LogP contribution in [-0.2, 0) is 0 Å². The quantitative estimate of drug-likeness (QED) is 0.397. The predicted octanol–water partition coefficient (Wildman–Crippen LogP) is 0.564. The number of nitrogens with zero attached hydrogens (tertiary/aromatic N) is 1. The smallest absolute Gasteiger partial charge is 0.198 e. The summed E-state index contributed by atoms with van der Waals surface area (Å²) < 4.78 is 2.20. The Morgan fingerprint density at radius 1 is 1.57 bits per heavy atom. The van der Waals surface area contributed by atoms with E-state index in [0.717, 1.165) is 0 Å². The van der Waals surface area contributed by atoms with Gasteiger partial charge in [-0.05, 0) is 13.1 Å². The van der Waals surface area contributed by atoms with E-state index in [9.17, 15) is 0 Å². The zero-order valence-electron chi connectivity index (χ0n) is 5.11. The summed E-state index contributed by atoms with van der Waals surface area (Å²) in [5.74, 6) is 0. The first-order valence-electron chi connectivity index (χ1n) is 2.44. The molecule has 0 aromatic carbocycles. The molecule has 0 spiro atoms. The molecule has 44 valence electrons. The van der Waals surface area contributed by atoms with Crippen molar-refractivity contribution >= 4 is 20.1 Å². The number of hydrogen-bond donors (Lipinski definition) is 0. The second-order valence-corrected chi connectivity index (χ2v) is 3.92. The molecule has 0 N–H and O–H groups in total. The maximum Gasteiger partial charge on any atom is 0.198 e. The van der Waals surface area contributed by atoms with E-state index in [0.29, 0.717) is 6.04 Å². The SMILES string of the molecule is CC(C)N(C)[SiH2]Cl. The molecule has 0 aliphatic rings. The first kappa shape index (κ1) is 7.47. The van der Waals surface area contributed by atoms with Gasteiger partial charge in [-0.3, -0.25) is 0 Å². The maximum atomic E-state index is 5.61. The molecule has 7 heavy (non-hydrogen) atoms. The summed E-state index contributed by atoms with van der Waals surface area (Å²) in [5.41, 5.74) is 0. The highest BCUT2D eigenvalue weighted by atomic mass is 35.6. The van der Waals surface area contributed by atoms with Gasteiger partial charge in [-0.25, -0.2) is 0 Å². The van der Waals surface area contributed by atoms with Crippen molar-refractivity contribution in [1.29, 1.82) is 0 Å². The fourth-order valence-corrected chi connectivity index (χ4v) is 1.24. The molecule has 0 bridgehead atoms. The Morgan fingerprint density at radius 2 is 2.00 bits per heavy atom. The van der Waals surface area contributed by atoms with Crippen molar-refractivity contribution in [1.82, 2.24) is 4.57 Å². The van der Waals surface area contributed by atoms with Gasteiger partial charge in [0.1, 0.15) is 0 Å². The molecule has 0 aromatic rings.